The quantitative estimate of drug-likeness (QED) is 0.873. The molecule has 2 aliphatic heterocycles. The van der Waals surface area contributed by atoms with Gasteiger partial charge in [-0.1, -0.05) is 24.3 Å². The Bertz CT molecular complexity index is 485. The molecule has 0 spiro atoms. The van der Waals surface area contributed by atoms with E-state index >= 15 is 0 Å². The normalized spacial score (nSPS) is 30.3. The van der Waals surface area contributed by atoms with E-state index in [0.29, 0.717) is 12.1 Å². The molecule has 2 saturated heterocycles. The zero-order valence-electron chi connectivity index (χ0n) is 11.6. The van der Waals surface area contributed by atoms with E-state index in [1.165, 1.54) is 17.5 Å². The van der Waals surface area contributed by atoms with Gasteiger partial charge >= 0.3 is 0 Å². The number of benzene rings is 1. The molecule has 3 unspecified atom stereocenters. The van der Waals surface area contributed by atoms with Crippen molar-refractivity contribution in [2.75, 3.05) is 0 Å². The number of amides is 1. The van der Waals surface area contributed by atoms with Gasteiger partial charge in [-0.2, -0.15) is 0 Å². The van der Waals surface area contributed by atoms with Crippen molar-refractivity contribution in [3.05, 3.63) is 35.4 Å². The van der Waals surface area contributed by atoms with E-state index < -0.39 is 0 Å². The van der Waals surface area contributed by atoms with E-state index in [9.17, 15) is 4.79 Å². The Morgan fingerprint density at radius 2 is 2.16 bits per heavy atom. The molecule has 0 radical (unpaired) electrons. The Kier molecular flexibility index (Phi) is 3.31. The first-order chi connectivity index (χ1) is 9.15. The first-order valence-electron chi connectivity index (χ1n) is 7.27. The van der Waals surface area contributed by atoms with Crippen molar-refractivity contribution in [3.63, 3.8) is 0 Å². The van der Waals surface area contributed by atoms with Crippen LogP contribution in [0.15, 0.2) is 24.3 Å². The molecule has 102 valence electrons. The lowest BCUT2D eigenvalue weighted by Crippen LogP contribution is -2.38. The van der Waals surface area contributed by atoms with Gasteiger partial charge in [-0.15, -0.1) is 0 Å². The third kappa shape index (κ3) is 2.39. The van der Waals surface area contributed by atoms with Crippen LogP contribution >= 0.6 is 0 Å². The summed E-state index contributed by atoms with van der Waals surface area (Å²) in [5, 5.41) is 6.71. The van der Waals surface area contributed by atoms with Gasteiger partial charge in [0.1, 0.15) is 0 Å². The van der Waals surface area contributed by atoms with Crippen LogP contribution in [-0.4, -0.2) is 18.0 Å². The topological polar surface area (TPSA) is 41.1 Å². The monoisotopic (exact) mass is 258 g/mol. The van der Waals surface area contributed by atoms with E-state index in [2.05, 4.69) is 36.6 Å². The van der Waals surface area contributed by atoms with E-state index in [4.69, 9.17) is 0 Å². The minimum absolute atomic E-state index is 0.0906. The van der Waals surface area contributed by atoms with Gasteiger partial charge in [-0.3, -0.25) is 4.79 Å². The molecule has 2 fully saturated rings. The molecular weight excluding hydrogens is 236 g/mol. The first kappa shape index (κ1) is 12.7. The summed E-state index contributed by atoms with van der Waals surface area (Å²) in [6, 6.07) is 9.34. The first-order valence-corrected chi connectivity index (χ1v) is 7.27. The van der Waals surface area contributed by atoms with Gasteiger partial charge in [0.2, 0.25) is 5.91 Å². The summed E-state index contributed by atoms with van der Waals surface area (Å²) in [6.45, 7) is 4.16. The largest absolute Gasteiger partial charge is 0.349 e. The van der Waals surface area contributed by atoms with Crippen molar-refractivity contribution in [1.29, 1.82) is 0 Å². The van der Waals surface area contributed by atoms with Gasteiger partial charge in [0.25, 0.3) is 0 Å². The lowest BCUT2D eigenvalue weighted by Gasteiger charge is -2.23. The van der Waals surface area contributed by atoms with Crippen LogP contribution in [0.5, 0.6) is 0 Å². The summed E-state index contributed by atoms with van der Waals surface area (Å²) in [5.41, 5.74) is 2.45. The minimum atomic E-state index is 0.0906. The number of fused-ring (bicyclic) bond motifs is 2. The highest BCUT2D eigenvalue weighted by Crippen LogP contribution is 2.33. The average Bonchev–Trinajstić information content (AvgIpc) is 3.01. The van der Waals surface area contributed by atoms with E-state index in [-0.39, 0.29) is 17.9 Å². The standard InChI is InChI=1S/C16H22N2O/c1-10-5-3-4-6-13(10)11(2)17-16(19)14-9-12-7-8-15(14)18-12/h3-6,11-12,14-15,18H,7-9H2,1-2H3,(H,17,19)/t11-,12?,14?,15?/m1/s1. The van der Waals surface area contributed by atoms with Gasteiger partial charge in [-0.05, 0) is 44.2 Å². The molecule has 19 heavy (non-hydrogen) atoms. The molecule has 3 heteroatoms. The van der Waals surface area contributed by atoms with Crippen LogP contribution in [0.1, 0.15) is 43.4 Å². The van der Waals surface area contributed by atoms with Gasteiger partial charge in [-0.25, -0.2) is 0 Å². The average molecular weight is 258 g/mol. The summed E-state index contributed by atoms with van der Waals surface area (Å²) in [6.07, 6.45) is 3.40. The van der Waals surface area contributed by atoms with E-state index in [1.54, 1.807) is 0 Å². The summed E-state index contributed by atoms with van der Waals surface area (Å²) in [7, 11) is 0. The number of carbonyl (C=O) groups excluding carboxylic acids is 1. The van der Waals surface area contributed by atoms with Crippen LogP contribution in [0, 0.1) is 12.8 Å². The third-order valence-corrected chi connectivity index (χ3v) is 4.65. The maximum absolute atomic E-state index is 12.4. The molecule has 4 atom stereocenters. The Morgan fingerprint density at radius 3 is 2.79 bits per heavy atom. The number of hydrogen-bond acceptors (Lipinski definition) is 2. The fourth-order valence-corrected chi connectivity index (χ4v) is 3.58. The molecule has 0 saturated carbocycles. The van der Waals surface area contributed by atoms with Crippen LogP contribution in [0.4, 0.5) is 0 Å². The smallest absolute Gasteiger partial charge is 0.225 e. The highest BCUT2D eigenvalue weighted by molar-refractivity contribution is 5.80. The molecule has 2 bridgehead atoms. The molecule has 2 N–H and O–H groups in total. The van der Waals surface area contributed by atoms with Gasteiger partial charge in [0.15, 0.2) is 0 Å². The molecule has 0 aromatic heterocycles. The molecule has 3 rings (SSSR count). The number of carbonyl (C=O) groups is 1. The second kappa shape index (κ2) is 4.97. The summed E-state index contributed by atoms with van der Waals surface area (Å²) >= 11 is 0. The maximum atomic E-state index is 12.4. The van der Waals surface area contributed by atoms with Crippen LogP contribution in [0.3, 0.4) is 0 Å². The SMILES string of the molecule is Cc1ccccc1[C@@H](C)NC(=O)C1CC2CCC1N2. The molecule has 1 aromatic rings. The number of aryl methyl sites for hydroxylation is 1. The second-order valence-electron chi connectivity index (χ2n) is 5.98. The molecule has 2 aliphatic rings. The summed E-state index contributed by atoms with van der Waals surface area (Å²) < 4.78 is 0. The number of rotatable bonds is 3. The number of nitrogens with one attached hydrogen (secondary N) is 2. The van der Waals surface area contributed by atoms with Gasteiger partial charge in [0.05, 0.1) is 12.0 Å². The van der Waals surface area contributed by atoms with Crippen LogP contribution in [-0.2, 0) is 4.79 Å². The zero-order chi connectivity index (χ0) is 13.4. The lowest BCUT2D eigenvalue weighted by atomic mass is 9.88. The molecule has 1 aromatic carbocycles. The molecule has 3 nitrogen and oxygen atoms in total. The fourth-order valence-electron chi connectivity index (χ4n) is 3.58. The second-order valence-corrected chi connectivity index (χ2v) is 5.98. The summed E-state index contributed by atoms with van der Waals surface area (Å²) in [4.78, 5) is 12.4. The Balaban J connectivity index is 1.65. The van der Waals surface area contributed by atoms with E-state index in [0.717, 1.165) is 12.8 Å². The van der Waals surface area contributed by atoms with Gasteiger partial charge < -0.3 is 10.6 Å². The maximum Gasteiger partial charge on any atom is 0.225 e. The van der Waals surface area contributed by atoms with Crippen LogP contribution in [0.2, 0.25) is 0 Å². The molecular formula is C16H22N2O. The number of hydrogen-bond donors (Lipinski definition) is 2. The third-order valence-electron chi connectivity index (χ3n) is 4.65. The molecule has 0 aliphatic carbocycles. The van der Waals surface area contributed by atoms with Crippen molar-refractivity contribution in [3.8, 4) is 0 Å². The van der Waals surface area contributed by atoms with Crippen molar-refractivity contribution in [2.45, 2.75) is 51.2 Å². The molecule has 1 amide bonds. The minimum Gasteiger partial charge on any atom is -0.349 e. The van der Waals surface area contributed by atoms with Crippen LogP contribution in [0.25, 0.3) is 0 Å². The Morgan fingerprint density at radius 1 is 1.37 bits per heavy atom. The zero-order valence-corrected chi connectivity index (χ0v) is 11.6. The molecule has 2 heterocycles. The van der Waals surface area contributed by atoms with E-state index in [1.807, 2.05) is 12.1 Å². The van der Waals surface area contributed by atoms with Crippen LogP contribution < -0.4 is 10.6 Å². The predicted octanol–water partition coefficient (Wildman–Crippen LogP) is 2.31. The Labute approximate surface area is 114 Å². The summed E-state index contributed by atoms with van der Waals surface area (Å²) in [5.74, 6) is 0.390. The van der Waals surface area contributed by atoms with Crippen molar-refractivity contribution < 1.29 is 4.79 Å². The Hall–Kier alpha value is -1.35. The predicted molar refractivity (Wildman–Crippen MR) is 75.8 cm³/mol. The lowest BCUT2D eigenvalue weighted by molar-refractivity contribution is -0.126. The van der Waals surface area contributed by atoms with Crippen molar-refractivity contribution in [2.24, 2.45) is 5.92 Å². The van der Waals surface area contributed by atoms with Gasteiger partial charge in [0, 0.05) is 12.1 Å². The van der Waals surface area contributed by atoms with Crippen molar-refractivity contribution >= 4 is 5.91 Å². The highest BCUT2D eigenvalue weighted by Gasteiger charge is 2.42. The highest BCUT2D eigenvalue weighted by atomic mass is 16.2. The fraction of sp³-hybridized carbons (Fsp3) is 0.562. The van der Waals surface area contributed by atoms with Crippen molar-refractivity contribution in [1.82, 2.24) is 10.6 Å².